The first kappa shape index (κ1) is 34.2. The molecule has 220 valence electrons. The number of benzene rings is 4. The maximum absolute atomic E-state index is 14.0. The summed E-state index contributed by atoms with van der Waals surface area (Å²) in [6.07, 6.45) is 0. The predicted octanol–water partition coefficient (Wildman–Crippen LogP) is 8.32. The van der Waals surface area contributed by atoms with Crippen molar-refractivity contribution in [1.29, 1.82) is 0 Å². The average Bonchev–Trinajstić information content (AvgIpc) is 2.89. The van der Waals surface area contributed by atoms with Crippen LogP contribution >= 0.6 is 12.4 Å². The molecule has 0 unspecified atom stereocenters. The van der Waals surface area contributed by atoms with Gasteiger partial charge >= 0.3 is 0 Å². The van der Waals surface area contributed by atoms with Crippen LogP contribution in [0.3, 0.4) is 0 Å². The highest BCUT2D eigenvalue weighted by Gasteiger charge is 2.21. The van der Waals surface area contributed by atoms with Crippen LogP contribution in [-0.2, 0) is 26.2 Å². The molecule has 0 radical (unpaired) electrons. The van der Waals surface area contributed by atoms with Gasteiger partial charge in [0, 0.05) is 39.3 Å². The maximum atomic E-state index is 14.0. The van der Waals surface area contributed by atoms with E-state index in [1.54, 1.807) is 13.8 Å². The molecular weight excluding hydrogens is 531 g/mol. The summed E-state index contributed by atoms with van der Waals surface area (Å²) >= 11 is 0. The van der Waals surface area contributed by atoms with E-state index < -0.39 is 11.3 Å². The lowest BCUT2D eigenvalue weighted by Crippen LogP contribution is -2.37. The zero-order valence-electron chi connectivity index (χ0n) is 24.9. The van der Waals surface area contributed by atoms with Crippen molar-refractivity contribution in [3.63, 3.8) is 0 Å². The van der Waals surface area contributed by atoms with Gasteiger partial charge in [-0.3, -0.25) is 9.80 Å². The number of rotatable bonds is 12. The lowest BCUT2D eigenvalue weighted by atomic mass is 10.1. The fourth-order valence-electron chi connectivity index (χ4n) is 4.78. The van der Waals surface area contributed by atoms with Crippen LogP contribution in [0.15, 0.2) is 121 Å². The standard InChI is InChI=1S/C18H22FN.C18H23NO.ClH/c1-18(2,19)15-20(13-16-9-5-3-6-10-16)14-17-11-7-4-8-12-17;1-18(2,20)15-19(13-16-9-5-3-6-10-16)14-17-11-7-4-8-12-17;/h3-12H,13-15H2,1-2H3;3-12,20H,13-15H2,1-2H3;1H. The van der Waals surface area contributed by atoms with Gasteiger partial charge in [-0.2, -0.15) is 0 Å². The van der Waals surface area contributed by atoms with E-state index in [1.165, 1.54) is 22.3 Å². The highest BCUT2D eigenvalue weighted by molar-refractivity contribution is 5.85. The lowest BCUT2D eigenvalue weighted by Gasteiger charge is -2.29. The van der Waals surface area contributed by atoms with Gasteiger partial charge in [-0.15, -0.1) is 12.4 Å². The van der Waals surface area contributed by atoms with Gasteiger partial charge in [-0.05, 0) is 49.9 Å². The van der Waals surface area contributed by atoms with Gasteiger partial charge in [0.15, 0.2) is 0 Å². The Morgan fingerprint density at radius 1 is 0.488 bits per heavy atom. The molecule has 0 atom stereocenters. The fourth-order valence-corrected chi connectivity index (χ4v) is 4.78. The van der Waals surface area contributed by atoms with Crippen LogP contribution in [0.2, 0.25) is 0 Å². The Labute approximate surface area is 253 Å². The molecule has 0 saturated carbocycles. The van der Waals surface area contributed by atoms with Gasteiger partial charge in [0.25, 0.3) is 0 Å². The van der Waals surface area contributed by atoms with Crippen LogP contribution in [0.4, 0.5) is 4.39 Å². The van der Waals surface area contributed by atoms with Gasteiger partial charge < -0.3 is 5.11 Å². The molecule has 0 aromatic heterocycles. The third kappa shape index (κ3) is 15.0. The summed E-state index contributed by atoms with van der Waals surface area (Å²) < 4.78 is 14.0. The molecule has 5 heteroatoms. The first-order valence-corrected chi connectivity index (χ1v) is 14.1. The lowest BCUT2D eigenvalue weighted by molar-refractivity contribution is 0.0307. The molecule has 1 N–H and O–H groups in total. The number of alkyl halides is 1. The minimum atomic E-state index is -1.19. The Bertz CT molecular complexity index is 1030. The summed E-state index contributed by atoms with van der Waals surface area (Å²) in [5.41, 5.74) is 3.09. The molecule has 4 rings (SSSR count). The van der Waals surface area contributed by atoms with Crippen molar-refractivity contribution < 1.29 is 9.50 Å². The topological polar surface area (TPSA) is 26.7 Å². The van der Waals surface area contributed by atoms with Gasteiger partial charge in [0.2, 0.25) is 0 Å². The molecule has 0 bridgehead atoms. The fraction of sp³-hybridized carbons (Fsp3) is 0.333. The van der Waals surface area contributed by atoms with Crippen molar-refractivity contribution in [2.75, 3.05) is 13.1 Å². The molecule has 4 aromatic carbocycles. The van der Waals surface area contributed by atoms with Crippen molar-refractivity contribution in [3.8, 4) is 0 Å². The summed E-state index contributed by atoms with van der Waals surface area (Å²) in [6, 6.07) is 41.2. The van der Waals surface area contributed by atoms with E-state index >= 15 is 0 Å². The zero-order valence-corrected chi connectivity index (χ0v) is 25.7. The highest BCUT2D eigenvalue weighted by atomic mass is 35.5. The van der Waals surface area contributed by atoms with Crippen LogP contribution in [0.5, 0.6) is 0 Å². The smallest absolute Gasteiger partial charge is 0.118 e. The Balaban J connectivity index is 0.000000280. The normalized spacial score (nSPS) is 11.5. The molecule has 0 heterocycles. The summed E-state index contributed by atoms with van der Waals surface area (Å²) in [5.74, 6) is 0. The SMILES string of the molecule is CC(C)(F)CN(Cc1ccccc1)Cc1ccccc1.CC(C)(O)CN(Cc1ccccc1)Cc1ccccc1.Cl. The number of aliphatic hydroxyl groups is 1. The van der Waals surface area contributed by atoms with E-state index in [1.807, 2.05) is 62.4 Å². The quantitative estimate of drug-likeness (QED) is 0.184. The predicted molar refractivity (Wildman–Crippen MR) is 173 cm³/mol. The Morgan fingerprint density at radius 3 is 0.951 bits per heavy atom. The van der Waals surface area contributed by atoms with E-state index in [4.69, 9.17) is 0 Å². The number of nitrogens with zero attached hydrogens (tertiary/aromatic N) is 2. The minimum absolute atomic E-state index is 0. The van der Waals surface area contributed by atoms with E-state index in [9.17, 15) is 9.50 Å². The third-order valence-corrected chi connectivity index (χ3v) is 6.21. The zero-order chi connectivity index (χ0) is 28.8. The first-order valence-electron chi connectivity index (χ1n) is 14.1. The van der Waals surface area contributed by atoms with Gasteiger partial charge in [-0.25, -0.2) is 4.39 Å². The highest BCUT2D eigenvalue weighted by Crippen LogP contribution is 2.17. The van der Waals surface area contributed by atoms with Crippen molar-refractivity contribution in [3.05, 3.63) is 144 Å². The Hall–Kier alpha value is -3.02. The van der Waals surface area contributed by atoms with E-state index in [-0.39, 0.29) is 12.4 Å². The molecule has 0 aliphatic carbocycles. The number of hydrogen-bond donors (Lipinski definition) is 1. The Kier molecular flexibility index (Phi) is 14.2. The maximum Gasteiger partial charge on any atom is 0.118 e. The summed E-state index contributed by atoms with van der Waals surface area (Å²) in [6.45, 7) is 11.3. The van der Waals surface area contributed by atoms with E-state index in [0.717, 1.165) is 26.2 Å². The Morgan fingerprint density at radius 2 is 0.732 bits per heavy atom. The van der Waals surface area contributed by atoms with E-state index in [2.05, 4.69) is 82.6 Å². The summed E-state index contributed by atoms with van der Waals surface area (Å²) in [5, 5.41) is 10.1. The second-order valence-corrected chi connectivity index (χ2v) is 11.8. The third-order valence-electron chi connectivity index (χ3n) is 6.21. The summed E-state index contributed by atoms with van der Waals surface area (Å²) in [4.78, 5) is 4.44. The van der Waals surface area contributed by atoms with Crippen molar-refractivity contribution >= 4 is 12.4 Å². The molecular formula is C36H46ClFN2O. The van der Waals surface area contributed by atoms with Gasteiger partial charge in [0.05, 0.1) is 5.60 Å². The molecule has 3 nitrogen and oxygen atoms in total. The van der Waals surface area contributed by atoms with Gasteiger partial charge in [-0.1, -0.05) is 121 Å². The molecule has 41 heavy (non-hydrogen) atoms. The second kappa shape index (κ2) is 17.1. The first-order chi connectivity index (χ1) is 19.1. The molecule has 0 aliphatic heterocycles. The summed E-state index contributed by atoms with van der Waals surface area (Å²) in [7, 11) is 0. The molecule has 0 fully saturated rings. The minimum Gasteiger partial charge on any atom is -0.389 e. The molecule has 0 aliphatic rings. The van der Waals surface area contributed by atoms with Crippen molar-refractivity contribution in [2.45, 2.75) is 65.1 Å². The molecule has 0 spiro atoms. The van der Waals surface area contributed by atoms with Crippen LogP contribution < -0.4 is 0 Å². The van der Waals surface area contributed by atoms with Crippen LogP contribution in [0.1, 0.15) is 49.9 Å². The van der Waals surface area contributed by atoms with E-state index in [0.29, 0.717) is 13.1 Å². The largest absolute Gasteiger partial charge is 0.389 e. The molecule has 4 aromatic rings. The van der Waals surface area contributed by atoms with Crippen molar-refractivity contribution in [2.24, 2.45) is 0 Å². The molecule has 0 amide bonds. The van der Waals surface area contributed by atoms with Crippen LogP contribution in [-0.4, -0.2) is 39.3 Å². The molecule has 0 saturated heterocycles. The number of hydrogen-bond acceptors (Lipinski definition) is 3. The van der Waals surface area contributed by atoms with Crippen molar-refractivity contribution in [1.82, 2.24) is 9.80 Å². The second-order valence-electron chi connectivity index (χ2n) is 11.8. The average molecular weight is 577 g/mol. The van der Waals surface area contributed by atoms with Crippen LogP contribution in [0.25, 0.3) is 0 Å². The monoisotopic (exact) mass is 576 g/mol. The van der Waals surface area contributed by atoms with Crippen LogP contribution in [0, 0.1) is 0 Å². The van der Waals surface area contributed by atoms with Gasteiger partial charge in [0.1, 0.15) is 5.67 Å². The number of halogens is 2.